The van der Waals surface area contributed by atoms with Crippen molar-refractivity contribution in [1.82, 2.24) is 5.32 Å². The fourth-order valence-corrected chi connectivity index (χ4v) is 7.74. The molecule has 0 spiro atoms. The van der Waals surface area contributed by atoms with Crippen molar-refractivity contribution in [3.05, 3.63) is 85.1 Å². The van der Waals surface area contributed by atoms with Gasteiger partial charge in [-0.05, 0) is 83.5 Å². The van der Waals surface area contributed by atoms with Gasteiger partial charge >= 0.3 is 5.97 Å². The maximum Gasteiger partial charge on any atom is 0.306 e. The van der Waals surface area contributed by atoms with Gasteiger partial charge in [-0.3, -0.25) is 9.59 Å². The van der Waals surface area contributed by atoms with Gasteiger partial charge in [0.1, 0.15) is 6.10 Å². The van der Waals surface area contributed by atoms with E-state index in [4.69, 9.17) is 4.74 Å². The number of hydrogen-bond acceptors (Lipinski definition) is 5. The van der Waals surface area contributed by atoms with E-state index in [9.17, 15) is 19.8 Å². The van der Waals surface area contributed by atoms with Gasteiger partial charge in [0.15, 0.2) is 0 Å². The Morgan fingerprint density at radius 1 is 0.484 bits per heavy atom. The Hall–Kier alpha value is -2.96. The summed E-state index contributed by atoms with van der Waals surface area (Å²) in [6.07, 6.45) is 66.3. The van der Waals surface area contributed by atoms with Crippen LogP contribution in [0.3, 0.4) is 0 Å². The summed E-state index contributed by atoms with van der Waals surface area (Å²) < 4.78 is 5.93. The molecule has 0 bridgehead atoms. The molecule has 1 amide bonds. The van der Waals surface area contributed by atoms with E-state index in [1.807, 2.05) is 18.2 Å². The first-order chi connectivity index (χ1) is 31.5. The monoisotopic (exact) mass is 892 g/mol. The zero-order valence-corrected chi connectivity index (χ0v) is 41.9. The van der Waals surface area contributed by atoms with E-state index < -0.39 is 18.2 Å². The van der Waals surface area contributed by atoms with Crippen molar-refractivity contribution in [2.45, 2.75) is 264 Å². The average molecular weight is 892 g/mol. The molecule has 6 heteroatoms. The maximum absolute atomic E-state index is 13.2. The molecule has 0 heterocycles. The van der Waals surface area contributed by atoms with Crippen LogP contribution in [0.25, 0.3) is 0 Å². The number of unbranched alkanes of at least 4 members (excludes halogenated alkanes) is 24. The Labute approximate surface area is 395 Å². The van der Waals surface area contributed by atoms with Gasteiger partial charge in [-0.15, -0.1) is 0 Å². The number of carbonyl (C=O) groups excluding carboxylic acids is 2. The van der Waals surface area contributed by atoms with E-state index in [1.54, 1.807) is 0 Å². The molecular formula is C58H101NO5. The first-order valence-electron chi connectivity index (χ1n) is 26.9. The standard InChI is InChI=1S/C58H101NO5/c1-4-7-10-13-16-19-22-25-27-28-30-32-34-37-40-43-46-49-54(64-58(63)51-48-45-42-39-36-33-29-26-23-20-17-14-11-8-5-2)52-57(62)59-55(53-60)56(61)50-47-44-41-38-35-31-24-21-18-15-12-9-6-3/h8,11,14,16-17,19-20,23,25-27,29-30,32,54-56,60-61H,4-7,9-10,12-13,15,18,21-22,24,28,31,33-53H2,1-3H3,(H,59,62)/b11-8+,17-14+,19-16-,23-20+,27-25-,29-26-,32-30-. The van der Waals surface area contributed by atoms with Crippen LogP contribution < -0.4 is 5.32 Å². The Kier molecular flexibility index (Phi) is 48.7. The van der Waals surface area contributed by atoms with Crippen LogP contribution in [-0.2, 0) is 14.3 Å². The summed E-state index contributed by atoms with van der Waals surface area (Å²) in [5.41, 5.74) is 0. The largest absolute Gasteiger partial charge is 0.462 e. The van der Waals surface area contributed by atoms with Crippen molar-refractivity contribution < 1.29 is 24.5 Å². The number of aliphatic hydroxyl groups is 2. The molecule has 368 valence electrons. The number of hydrogen-bond donors (Lipinski definition) is 3. The lowest BCUT2D eigenvalue weighted by atomic mass is 10.0. The van der Waals surface area contributed by atoms with E-state index >= 15 is 0 Å². The van der Waals surface area contributed by atoms with Crippen LogP contribution in [0, 0.1) is 0 Å². The van der Waals surface area contributed by atoms with Gasteiger partial charge in [-0.1, -0.05) is 234 Å². The number of aliphatic hydroxyl groups excluding tert-OH is 2. The Bertz CT molecular complexity index is 1230. The fraction of sp³-hybridized carbons (Fsp3) is 0.724. The summed E-state index contributed by atoms with van der Waals surface area (Å²) in [5, 5.41) is 23.8. The van der Waals surface area contributed by atoms with Gasteiger partial charge < -0.3 is 20.3 Å². The summed E-state index contributed by atoms with van der Waals surface area (Å²) >= 11 is 0. The first kappa shape index (κ1) is 61.0. The Balaban J connectivity index is 4.69. The van der Waals surface area contributed by atoms with Gasteiger partial charge in [-0.25, -0.2) is 0 Å². The molecule has 0 radical (unpaired) electrons. The van der Waals surface area contributed by atoms with Crippen molar-refractivity contribution >= 4 is 11.9 Å². The highest BCUT2D eigenvalue weighted by Crippen LogP contribution is 2.17. The summed E-state index contributed by atoms with van der Waals surface area (Å²) in [6.45, 7) is 6.31. The Morgan fingerprint density at radius 2 is 0.906 bits per heavy atom. The van der Waals surface area contributed by atoms with E-state index in [0.29, 0.717) is 19.3 Å². The minimum atomic E-state index is -0.803. The second-order valence-electron chi connectivity index (χ2n) is 18.0. The molecule has 0 aromatic heterocycles. The third-order valence-corrected chi connectivity index (χ3v) is 11.8. The predicted octanol–water partition coefficient (Wildman–Crippen LogP) is 16.3. The molecule has 0 aromatic carbocycles. The van der Waals surface area contributed by atoms with Gasteiger partial charge in [-0.2, -0.15) is 0 Å². The number of carbonyl (C=O) groups is 2. The summed E-state index contributed by atoms with van der Waals surface area (Å²) in [4.78, 5) is 26.2. The van der Waals surface area contributed by atoms with Crippen LogP contribution in [0.1, 0.15) is 245 Å². The summed E-state index contributed by atoms with van der Waals surface area (Å²) in [7, 11) is 0. The highest BCUT2D eigenvalue weighted by atomic mass is 16.5. The lowest BCUT2D eigenvalue weighted by Gasteiger charge is -2.24. The average Bonchev–Trinajstić information content (AvgIpc) is 3.29. The maximum atomic E-state index is 13.2. The number of nitrogens with one attached hydrogen (secondary N) is 1. The molecule has 0 aromatic rings. The molecule has 0 aliphatic rings. The van der Waals surface area contributed by atoms with Crippen molar-refractivity contribution in [3.63, 3.8) is 0 Å². The van der Waals surface area contributed by atoms with Crippen molar-refractivity contribution in [2.24, 2.45) is 0 Å². The molecule has 0 saturated carbocycles. The normalized spacial score (nSPS) is 13.9. The van der Waals surface area contributed by atoms with Crippen molar-refractivity contribution in [3.8, 4) is 0 Å². The first-order valence-corrected chi connectivity index (χ1v) is 26.9. The van der Waals surface area contributed by atoms with E-state index in [1.165, 1.54) is 89.9 Å². The molecule has 3 atom stereocenters. The molecular weight excluding hydrogens is 791 g/mol. The number of allylic oxidation sites excluding steroid dienone is 14. The van der Waals surface area contributed by atoms with Crippen LogP contribution in [0.15, 0.2) is 85.1 Å². The van der Waals surface area contributed by atoms with Gasteiger partial charge in [0.2, 0.25) is 5.91 Å². The van der Waals surface area contributed by atoms with Gasteiger partial charge in [0, 0.05) is 6.42 Å². The van der Waals surface area contributed by atoms with Gasteiger partial charge in [0.05, 0.1) is 25.2 Å². The molecule has 0 aliphatic heterocycles. The summed E-state index contributed by atoms with van der Waals surface area (Å²) in [5.74, 6) is -0.524. The molecule has 6 nitrogen and oxygen atoms in total. The molecule has 64 heavy (non-hydrogen) atoms. The van der Waals surface area contributed by atoms with E-state index in [0.717, 1.165) is 109 Å². The topological polar surface area (TPSA) is 95.9 Å². The zero-order chi connectivity index (χ0) is 46.7. The third kappa shape index (κ3) is 45.6. The lowest BCUT2D eigenvalue weighted by Crippen LogP contribution is -2.46. The number of ether oxygens (including phenoxy) is 1. The highest BCUT2D eigenvalue weighted by molar-refractivity contribution is 5.77. The van der Waals surface area contributed by atoms with E-state index in [-0.39, 0.29) is 24.9 Å². The third-order valence-electron chi connectivity index (χ3n) is 11.8. The van der Waals surface area contributed by atoms with Crippen LogP contribution in [0.2, 0.25) is 0 Å². The molecule has 0 aliphatic carbocycles. The zero-order valence-electron chi connectivity index (χ0n) is 41.9. The minimum absolute atomic E-state index is 0.0491. The molecule has 0 saturated heterocycles. The fourth-order valence-electron chi connectivity index (χ4n) is 7.74. The summed E-state index contributed by atoms with van der Waals surface area (Å²) in [6, 6.07) is -0.719. The quantitative estimate of drug-likeness (QED) is 0.0245. The van der Waals surface area contributed by atoms with Gasteiger partial charge in [0.25, 0.3) is 0 Å². The highest BCUT2D eigenvalue weighted by Gasteiger charge is 2.24. The predicted molar refractivity (Wildman–Crippen MR) is 278 cm³/mol. The number of rotatable bonds is 47. The molecule has 3 unspecified atom stereocenters. The van der Waals surface area contributed by atoms with Crippen molar-refractivity contribution in [1.29, 1.82) is 0 Å². The minimum Gasteiger partial charge on any atom is -0.462 e. The SMILES string of the molecule is CC/C=C/C=C/C=C/C=C\CCCCCCCC(=O)OC(CCCCCC/C=C\C/C=C\C/C=C\CCCCC)CC(=O)NC(CO)C(O)CCCCCCCCCCCCCCC. The second-order valence-corrected chi connectivity index (χ2v) is 18.0. The second kappa shape index (κ2) is 51.0. The van der Waals surface area contributed by atoms with Crippen LogP contribution in [-0.4, -0.2) is 46.9 Å². The Morgan fingerprint density at radius 3 is 1.45 bits per heavy atom. The van der Waals surface area contributed by atoms with E-state index in [2.05, 4.69) is 92.9 Å². The lowest BCUT2D eigenvalue weighted by molar-refractivity contribution is -0.151. The van der Waals surface area contributed by atoms with Crippen LogP contribution >= 0.6 is 0 Å². The van der Waals surface area contributed by atoms with Crippen LogP contribution in [0.5, 0.6) is 0 Å². The van der Waals surface area contributed by atoms with Crippen molar-refractivity contribution in [2.75, 3.05) is 6.61 Å². The van der Waals surface area contributed by atoms with Crippen LogP contribution in [0.4, 0.5) is 0 Å². The number of amides is 1. The number of esters is 1. The molecule has 3 N–H and O–H groups in total. The molecule has 0 fully saturated rings. The smallest absolute Gasteiger partial charge is 0.306 e. The molecule has 0 rings (SSSR count).